The molecular formula is C20H12ClNO4S. The molecule has 0 radical (unpaired) electrons. The van der Waals surface area contributed by atoms with Crippen molar-refractivity contribution < 1.29 is 14.1 Å². The zero-order chi connectivity index (χ0) is 19.1. The van der Waals surface area contributed by atoms with E-state index in [9.17, 15) is 14.9 Å². The first-order chi connectivity index (χ1) is 12.9. The Morgan fingerprint density at radius 3 is 2.67 bits per heavy atom. The van der Waals surface area contributed by atoms with Crippen molar-refractivity contribution in [1.82, 2.24) is 0 Å². The van der Waals surface area contributed by atoms with Crippen LogP contribution in [0.15, 0.2) is 62.7 Å². The molecule has 0 aliphatic carbocycles. The molecule has 2 aromatic carbocycles. The lowest BCUT2D eigenvalue weighted by molar-refractivity contribution is -0.384. The highest BCUT2D eigenvalue weighted by Crippen LogP contribution is 2.41. The van der Waals surface area contributed by atoms with Crippen molar-refractivity contribution in [3.63, 3.8) is 0 Å². The maximum Gasteiger partial charge on any atom is 0.280 e. The van der Waals surface area contributed by atoms with Crippen LogP contribution in [-0.2, 0) is 0 Å². The summed E-state index contributed by atoms with van der Waals surface area (Å²) < 4.78 is 5.76. The average molecular weight is 398 g/mol. The van der Waals surface area contributed by atoms with Crippen LogP contribution in [0.3, 0.4) is 0 Å². The van der Waals surface area contributed by atoms with E-state index in [1.54, 1.807) is 31.2 Å². The van der Waals surface area contributed by atoms with E-state index < -0.39 is 4.92 Å². The molecule has 0 bridgehead atoms. The van der Waals surface area contributed by atoms with E-state index in [4.69, 9.17) is 16.0 Å². The van der Waals surface area contributed by atoms with Gasteiger partial charge in [0.15, 0.2) is 0 Å². The van der Waals surface area contributed by atoms with Gasteiger partial charge in [-0.15, -0.1) is 0 Å². The van der Waals surface area contributed by atoms with Crippen LogP contribution in [0.1, 0.15) is 21.7 Å². The van der Waals surface area contributed by atoms with Crippen molar-refractivity contribution in [2.75, 3.05) is 0 Å². The Kier molecular flexibility index (Phi) is 4.37. The van der Waals surface area contributed by atoms with Gasteiger partial charge in [0.25, 0.3) is 5.69 Å². The third-order valence-electron chi connectivity index (χ3n) is 4.21. The fraction of sp³-hybridized carbons (Fsp3) is 0.0500. The second-order valence-electron chi connectivity index (χ2n) is 6.01. The van der Waals surface area contributed by atoms with Gasteiger partial charge in [0.1, 0.15) is 11.5 Å². The quantitative estimate of drug-likeness (QED) is 0.301. The molecule has 0 spiro atoms. The normalized spacial score (nSPS) is 14.6. The molecule has 0 saturated heterocycles. The Morgan fingerprint density at radius 1 is 1.15 bits per heavy atom. The lowest BCUT2D eigenvalue weighted by Gasteiger charge is -2.03. The first kappa shape index (κ1) is 17.6. The van der Waals surface area contributed by atoms with Gasteiger partial charge in [-0.2, -0.15) is 0 Å². The topological polar surface area (TPSA) is 73.3 Å². The Bertz CT molecular complexity index is 1130. The largest absolute Gasteiger partial charge is 0.456 e. The maximum atomic E-state index is 12.5. The summed E-state index contributed by atoms with van der Waals surface area (Å²) >= 11 is 7.51. The summed E-state index contributed by atoms with van der Waals surface area (Å²) in [4.78, 5) is 24.8. The number of hydrogen-bond donors (Lipinski definition) is 0. The highest BCUT2D eigenvalue weighted by molar-refractivity contribution is 8.04. The van der Waals surface area contributed by atoms with Gasteiger partial charge in [0.2, 0.25) is 5.78 Å². The first-order valence-electron chi connectivity index (χ1n) is 8.02. The molecule has 4 rings (SSSR count). The van der Waals surface area contributed by atoms with E-state index >= 15 is 0 Å². The van der Waals surface area contributed by atoms with Crippen LogP contribution in [-0.4, -0.2) is 10.7 Å². The molecule has 5 nitrogen and oxygen atoms in total. The third-order valence-corrected chi connectivity index (χ3v) is 5.72. The van der Waals surface area contributed by atoms with E-state index in [0.717, 1.165) is 4.90 Å². The number of allylic oxidation sites excluding steroid dienone is 1. The molecular weight excluding hydrogens is 386 g/mol. The lowest BCUT2D eigenvalue weighted by Crippen LogP contribution is -1.93. The molecule has 1 aliphatic rings. The van der Waals surface area contributed by atoms with Crippen LogP contribution in [0.25, 0.3) is 17.4 Å². The zero-order valence-corrected chi connectivity index (χ0v) is 15.6. The molecule has 0 N–H and O–H groups in total. The fourth-order valence-corrected chi connectivity index (χ4v) is 4.05. The van der Waals surface area contributed by atoms with Crippen molar-refractivity contribution >= 4 is 40.9 Å². The summed E-state index contributed by atoms with van der Waals surface area (Å²) in [7, 11) is 0. The number of hydrogen-bond acceptors (Lipinski definition) is 5. The summed E-state index contributed by atoms with van der Waals surface area (Å²) in [6.45, 7) is 1.71. The number of fused-ring (bicyclic) bond motifs is 1. The molecule has 0 fully saturated rings. The van der Waals surface area contributed by atoms with Crippen molar-refractivity contribution in [3.05, 3.63) is 85.5 Å². The minimum atomic E-state index is -0.466. The number of halogens is 1. The SMILES string of the molecule is Cc1cc([N+](=O)[O-])c(-c2ccc(/C=C3/Sc4ccccc4C3=O)o2)cc1Cl. The molecule has 7 heteroatoms. The van der Waals surface area contributed by atoms with Crippen LogP contribution in [0.4, 0.5) is 5.69 Å². The minimum Gasteiger partial charge on any atom is -0.456 e. The minimum absolute atomic E-state index is 0.0575. The van der Waals surface area contributed by atoms with E-state index in [1.165, 1.54) is 23.9 Å². The number of benzene rings is 2. The van der Waals surface area contributed by atoms with Crippen LogP contribution in [0.2, 0.25) is 5.02 Å². The van der Waals surface area contributed by atoms with Gasteiger partial charge in [-0.3, -0.25) is 14.9 Å². The van der Waals surface area contributed by atoms with Crippen molar-refractivity contribution in [2.45, 2.75) is 11.8 Å². The second-order valence-corrected chi connectivity index (χ2v) is 7.50. The van der Waals surface area contributed by atoms with Gasteiger partial charge in [0.05, 0.1) is 15.4 Å². The van der Waals surface area contributed by atoms with Gasteiger partial charge >= 0.3 is 0 Å². The maximum absolute atomic E-state index is 12.5. The summed E-state index contributed by atoms with van der Waals surface area (Å²) in [6, 6.07) is 13.6. The summed E-state index contributed by atoms with van der Waals surface area (Å²) in [5.41, 5.74) is 1.51. The van der Waals surface area contributed by atoms with E-state index in [-0.39, 0.29) is 11.5 Å². The molecule has 0 atom stereocenters. The predicted molar refractivity (Wildman–Crippen MR) is 105 cm³/mol. The molecule has 2 heterocycles. The third kappa shape index (κ3) is 3.18. The number of ketones is 1. The molecule has 0 amide bonds. The van der Waals surface area contributed by atoms with E-state index in [2.05, 4.69) is 0 Å². The highest BCUT2D eigenvalue weighted by Gasteiger charge is 2.26. The number of thioether (sulfide) groups is 1. The summed E-state index contributed by atoms with van der Waals surface area (Å²) in [6.07, 6.45) is 1.65. The monoisotopic (exact) mass is 397 g/mol. The summed E-state index contributed by atoms with van der Waals surface area (Å²) in [5, 5.41) is 11.8. The number of aryl methyl sites for hydroxylation is 1. The van der Waals surface area contributed by atoms with Crippen molar-refractivity contribution in [3.8, 4) is 11.3 Å². The number of nitro benzene ring substituents is 1. The van der Waals surface area contributed by atoms with Crippen LogP contribution >= 0.6 is 23.4 Å². The second kappa shape index (κ2) is 6.72. The Balaban J connectivity index is 1.71. The lowest BCUT2D eigenvalue weighted by atomic mass is 10.1. The van der Waals surface area contributed by atoms with Crippen LogP contribution < -0.4 is 0 Å². The molecule has 27 heavy (non-hydrogen) atoms. The molecule has 1 aliphatic heterocycles. The Morgan fingerprint density at radius 2 is 1.93 bits per heavy atom. The van der Waals surface area contributed by atoms with Gasteiger partial charge in [-0.1, -0.05) is 35.5 Å². The number of carbonyl (C=O) groups excluding carboxylic acids is 1. The molecule has 0 saturated carbocycles. The number of furan rings is 1. The molecule has 3 aromatic rings. The zero-order valence-electron chi connectivity index (χ0n) is 14.1. The highest BCUT2D eigenvalue weighted by atomic mass is 35.5. The van der Waals surface area contributed by atoms with Crippen LogP contribution in [0.5, 0.6) is 0 Å². The van der Waals surface area contributed by atoms with Gasteiger partial charge in [0, 0.05) is 21.5 Å². The average Bonchev–Trinajstić information content (AvgIpc) is 3.23. The predicted octanol–water partition coefficient (Wildman–Crippen LogP) is 6.15. The summed E-state index contributed by atoms with van der Waals surface area (Å²) in [5.74, 6) is 0.709. The Hall–Kier alpha value is -2.83. The molecule has 0 unspecified atom stereocenters. The standard InChI is InChI=1S/C20H12ClNO4S/c1-11-8-16(22(24)25)14(10-15(11)21)17-7-6-12(26-17)9-19-20(23)13-4-2-3-5-18(13)27-19/h2-10H,1H3/b19-9+. The van der Waals surface area contributed by atoms with Gasteiger partial charge < -0.3 is 4.42 Å². The van der Waals surface area contributed by atoms with E-state index in [1.807, 2.05) is 18.2 Å². The number of carbonyl (C=O) groups is 1. The van der Waals surface area contributed by atoms with Crippen LogP contribution in [0, 0.1) is 17.0 Å². The van der Waals surface area contributed by atoms with Gasteiger partial charge in [-0.25, -0.2) is 0 Å². The Labute approximate surface area is 163 Å². The first-order valence-corrected chi connectivity index (χ1v) is 9.21. The number of Topliss-reactive ketones (excluding diaryl/α,β-unsaturated/α-hetero) is 1. The number of rotatable bonds is 3. The van der Waals surface area contributed by atoms with E-state index in [0.29, 0.717) is 38.1 Å². The fourth-order valence-electron chi connectivity index (χ4n) is 2.85. The van der Waals surface area contributed by atoms with Gasteiger partial charge in [-0.05, 0) is 48.9 Å². The number of nitro groups is 1. The van der Waals surface area contributed by atoms with Crippen molar-refractivity contribution in [1.29, 1.82) is 0 Å². The molecule has 134 valence electrons. The number of nitrogens with zero attached hydrogens (tertiary/aromatic N) is 1. The van der Waals surface area contributed by atoms with Crippen molar-refractivity contribution in [2.24, 2.45) is 0 Å². The smallest absolute Gasteiger partial charge is 0.280 e. The molecule has 1 aromatic heterocycles.